The van der Waals surface area contributed by atoms with Crippen molar-refractivity contribution in [2.75, 3.05) is 26.0 Å². The van der Waals surface area contributed by atoms with E-state index in [0.717, 1.165) is 26.1 Å². The SMILES string of the molecule is CSC1(CN=C(N)N)CCOCC1. The Balaban J connectivity index is 2.52. The quantitative estimate of drug-likeness (QED) is 0.506. The largest absolute Gasteiger partial charge is 0.381 e. The van der Waals surface area contributed by atoms with Crippen LogP contribution in [0.2, 0.25) is 0 Å². The first-order valence-electron chi connectivity index (χ1n) is 4.37. The number of hydrogen-bond donors (Lipinski definition) is 2. The summed E-state index contributed by atoms with van der Waals surface area (Å²) in [6, 6.07) is 0. The number of ether oxygens (including phenoxy) is 1. The van der Waals surface area contributed by atoms with Crippen molar-refractivity contribution < 1.29 is 4.74 Å². The summed E-state index contributed by atoms with van der Waals surface area (Å²) in [5, 5.41) is 0. The van der Waals surface area contributed by atoms with Gasteiger partial charge in [0.25, 0.3) is 0 Å². The van der Waals surface area contributed by atoms with Gasteiger partial charge in [0.1, 0.15) is 0 Å². The van der Waals surface area contributed by atoms with Gasteiger partial charge in [-0.3, -0.25) is 4.99 Å². The third-order valence-electron chi connectivity index (χ3n) is 2.39. The molecule has 0 unspecified atom stereocenters. The van der Waals surface area contributed by atoms with Gasteiger partial charge in [0.15, 0.2) is 5.96 Å². The Hall–Kier alpha value is -0.420. The smallest absolute Gasteiger partial charge is 0.185 e. The summed E-state index contributed by atoms with van der Waals surface area (Å²) >= 11 is 1.84. The molecule has 0 aliphatic carbocycles. The lowest BCUT2D eigenvalue weighted by Crippen LogP contribution is -2.37. The van der Waals surface area contributed by atoms with Crippen molar-refractivity contribution >= 4 is 17.7 Å². The van der Waals surface area contributed by atoms with E-state index >= 15 is 0 Å². The number of hydrogen-bond acceptors (Lipinski definition) is 3. The number of guanidine groups is 1. The van der Waals surface area contributed by atoms with Gasteiger partial charge in [0.05, 0.1) is 6.54 Å². The lowest BCUT2D eigenvalue weighted by atomic mass is 9.99. The van der Waals surface area contributed by atoms with E-state index in [4.69, 9.17) is 16.2 Å². The van der Waals surface area contributed by atoms with Crippen LogP contribution in [-0.4, -0.2) is 36.7 Å². The highest BCUT2D eigenvalue weighted by Gasteiger charge is 2.31. The minimum absolute atomic E-state index is 0.180. The predicted molar refractivity (Wildman–Crippen MR) is 57.0 cm³/mol. The van der Waals surface area contributed by atoms with Crippen LogP contribution in [0.5, 0.6) is 0 Å². The summed E-state index contributed by atoms with van der Waals surface area (Å²) in [6.07, 6.45) is 4.17. The van der Waals surface area contributed by atoms with Crippen LogP contribution in [0.25, 0.3) is 0 Å². The Morgan fingerprint density at radius 2 is 2.08 bits per heavy atom. The molecule has 13 heavy (non-hydrogen) atoms. The third kappa shape index (κ3) is 3.08. The summed E-state index contributed by atoms with van der Waals surface area (Å²) in [4.78, 5) is 4.09. The van der Waals surface area contributed by atoms with Crippen molar-refractivity contribution in [2.24, 2.45) is 16.5 Å². The summed E-state index contributed by atoms with van der Waals surface area (Å²) in [5.74, 6) is 0.180. The van der Waals surface area contributed by atoms with Crippen molar-refractivity contribution in [2.45, 2.75) is 17.6 Å². The molecule has 0 aromatic carbocycles. The van der Waals surface area contributed by atoms with Gasteiger partial charge in [-0.2, -0.15) is 11.8 Å². The van der Waals surface area contributed by atoms with Gasteiger partial charge in [-0.1, -0.05) is 0 Å². The molecular formula is C8H17N3OS. The maximum atomic E-state index is 5.31. The normalized spacial score (nSPS) is 21.0. The van der Waals surface area contributed by atoms with E-state index in [0.29, 0.717) is 6.54 Å². The predicted octanol–water partition coefficient (Wildman–Crippen LogP) is 0.172. The van der Waals surface area contributed by atoms with Gasteiger partial charge >= 0.3 is 0 Å². The average molecular weight is 203 g/mol. The van der Waals surface area contributed by atoms with E-state index in [-0.39, 0.29) is 10.7 Å². The topological polar surface area (TPSA) is 73.6 Å². The van der Waals surface area contributed by atoms with Crippen LogP contribution in [0, 0.1) is 0 Å². The van der Waals surface area contributed by atoms with E-state index in [2.05, 4.69) is 11.2 Å². The van der Waals surface area contributed by atoms with E-state index in [1.54, 1.807) is 0 Å². The Morgan fingerprint density at radius 1 is 1.46 bits per heavy atom. The lowest BCUT2D eigenvalue weighted by Gasteiger charge is -2.34. The minimum Gasteiger partial charge on any atom is -0.381 e. The highest BCUT2D eigenvalue weighted by molar-refractivity contribution is 8.00. The molecule has 0 bridgehead atoms. The molecule has 0 atom stereocenters. The van der Waals surface area contributed by atoms with Gasteiger partial charge in [0.2, 0.25) is 0 Å². The third-order valence-corrected chi connectivity index (χ3v) is 3.79. The first kappa shape index (κ1) is 10.7. The number of aliphatic imine (C=N–C) groups is 1. The number of rotatable bonds is 3. The van der Waals surface area contributed by atoms with Crippen molar-refractivity contribution in [3.8, 4) is 0 Å². The Morgan fingerprint density at radius 3 is 2.54 bits per heavy atom. The second-order valence-electron chi connectivity index (χ2n) is 3.24. The summed E-state index contributed by atoms with van der Waals surface area (Å²) in [6.45, 7) is 2.35. The van der Waals surface area contributed by atoms with Gasteiger partial charge in [-0.25, -0.2) is 0 Å². The summed E-state index contributed by atoms with van der Waals surface area (Å²) in [7, 11) is 0. The molecule has 4 N–H and O–H groups in total. The maximum Gasteiger partial charge on any atom is 0.185 e. The van der Waals surface area contributed by atoms with Gasteiger partial charge < -0.3 is 16.2 Å². The van der Waals surface area contributed by atoms with Crippen LogP contribution >= 0.6 is 11.8 Å². The molecule has 0 aromatic heterocycles. The second kappa shape index (κ2) is 4.72. The molecule has 0 aromatic rings. The second-order valence-corrected chi connectivity index (χ2v) is 4.51. The highest BCUT2D eigenvalue weighted by atomic mass is 32.2. The Bertz CT molecular complexity index is 186. The molecule has 1 saturated heterocycles. The Kier molecular flexibility index (Phi) is 3.87. The summed E-state index contributed by atoms with van der Waals surface area (Å²) in [5.41, 5.74) is 10.6. The molecule has 4 nitrogen and oxygen atoms in total. The van der Waals surface area contributed by atoms with Crippen molar-refractivity contribution in [1.29, 1.82) is 0 Å². The van der Waals surface area contributed by atoms with E-state index in [1.165, 1.54) is 0 Å². The fraction of sp³-hybridized carbons (Fsp3) is 0.875. The molecule has 0 saturated carbocycles. The van der Waals surface area contributed by atoms with Crippen LogP contribution in [0.15, 0.2) is 4.99 Å². The molecule has 1 heterocycles. The fourth-order valence-corrected chi connectivity index (χ4v) is 2.17. The van der Waals surface area contributed by atoms with Crippen molar-refractivity contribution in [3.05, 3.63) is 0 Å². The standard InChI is InChI=1S/C8H17N3OS/c1-13-8(6-11-7(9)10)2-4-12-5-3-8/h2-6H2,1H3,(H4,9,10,11). The monoisotopic (exact) mass is 203 g/mol. The molecule has 1 aliphatic heterocycles. The number of nitrogens with zero attached hydrogens (tertiary/aromatic N) is 1. The first-order chi connectivity index (χ1) is 6.18. The molecule has 1 aliphatic rings. The molecule has 0 amide bonds. The van der Waals surface area contributed by atoms with Crippen LogP contribution in [0.4, 0.5) is 0 Å². The zero-order valence-corrected chi connectivity index (χ0v) is 8.77. The zero-order chi connectivity index (χ0) is 9.73. The maximum absolute atomic E-state index is 5.31. The lowest BCUT2D eigenvalue weighted by molar-refractivity contribution is 0.0794. The fourth-order valence-electron chi connectivity index (χ4n) is 1.41. The number of thioether (sulfide) groups is 1. The van der Waals surface area contributed by atoms with Crippen molar-refractivity contribution in [1.82, 2.24) is 0 Å². The first-order valence-corrected chi connectivity index (χ1v) is 5.59. The molecule has 0 spiro atoms. The van der Waals surface area contributed by atoms with Crippen LogP contribution in [-0.2, 0) is 4.74 Å². The Labute approximate surface area is 83.1 Å². The molecule has 0 radical (unpaired) electrons. The highest BCUT2D eigenvalue weighted by Crippen LogP contribution is 2.33. The van der Waals surface area contributed by atoms with Crippen LogP contribution in [0.3, 0.4) is 0 Å². The van der Waals surface area contributed by atoms with E-state index in [1.807, 2.05) is 11.8 Å². The molecule has 5 heteroatoms. The van der Waals surface area contributed by atoms with E-state index in [9.17, 15) is 0 Å². The molecule has 1 rings (SSSR count). The van der Waals surface area contributed by atoms with Crippen LogP contribution in [0.1, 0.15) is 12.8 Å². The minimum atomic E-state index is 0.180. The van der Waals surface area contributed by atoms with E-state index < -0.39 is 0 Å². The zero-order valence-electron chi connectivity index (χ0n) is 7.95. The van der Waals surface area contributed by atoms with Gasteiger partial charge in [0, 0.05) is 18.0 Å². The summed E-state index contributed by atoms with van der Waals surface area (Å²) < 4.78 is 5.51. The molecule has 76 valence electrons. The van der Waals surface area contributed by atoms with Gasteiger partial charge in [-0.15, -0.1) is 0 Å². The van der Waals surface area contributed by atoms with Crippen LogP contribution < -0.4 is 11.5 Å². The average Bonchev–Trinajstić information content (AvgIpc) is 2.16. The van der Waals surface area contributed by atoms with Crippen molar-refractivity contribution in [3.63, 3.8) is 0 Å². The number of nitrogens with two attached hydrogens (primary N) is 2. The molecular weight excluding hydrogens is 186 g/mol. The molecule has 1 fully saturated rings. The van der Waals surface area contributed by atoms with Gasteiger partial charge in [-0.05, 0) is 19.1 Å².